The molecule has 3 aromatic rings. The number of amides is 1. The van der Waals surface area contributed by atoms with Gasteiger partial charge in [-0.1, -0.05) is 85.0 Å². The molecular formula is C26H24N2O2. The van der Waals surface area contributed by atoms with Crippen LogP contribution in [0.15, 0.2) is 103 Å². The van der Waals surface area contributed by atoms with Gasteiger partial charge in [-0.15, -0.1) is 0 Å². The molecule has 3 N–H and O–H groups in total. The molecule has 0 radical (unpaired) electrons. The molecule has 0 aliphatic carbocycles. The molecule has 0 unspecified atom stereocenters. The van der Waals surface area contributed by atoms with E-state index in [4.69, 9.17) is 5.73 Å². The van der Waals surface area contributed by atoms with Crippen molar-refractivity contribution in [1.29, 1.82) is 0 Å². The van der Waals surface area contributed by atoms with Gasteiger partial charge in [-0.05, 0) is 29.7 Å². The average Bonchev–Trinajstić information content (AvgIpc) is 2.78. The molecule has 0 aliphatic rings. The van der Waals surface area contributed by atoms with Crippen molar-refractivity contribution in [1.82, 2.24) is 0 Å². The summed E-state index contributed by atoms with van der Waals surface area (Å²) in [6.45, 7) is 0. The van der Waals surface area contributed by atoms with Crippen LogP contribution in [0.3, 0.4) is 0 Å². The summed E-state index contributed by atoms with van der Waals surface area (Å²) >= 11 is 0. The van der Waals surface area contributed by atoms with E-state index in [0.717, 1.165) is 11.1 Å². The quantitative estimate of drug-likeness (QED) is 0.224. The molecule has 3 aromatic carbocycles. The van der Waals surface area contributed by atoms with Crippen LogP contribution in [-0.2, 0) is 4.79 Å². The number of benzene rings is 3. The second kappa shape index (κ2) is 10.6. The summed E-state index contributed by atoms with van der Waals surface area (Å²) in [5, 5.41) is 2.72. The van der Waals surface area contributed by atoms with Gasteiger partial charge in [0.15, 0.2) is 5.78 Å². The lowest BCUT2D eigenvalue weighted by atomic mass is 10.0. The lowest BCUT2D eigenvalue weighted by Crippen LogP contribution is -2.09. The number of hydrogen-bond donors (Lipinski definition) is 2. The zero-order valence-electron chi connectivity index (χ0n) is 16.6. The third-order valence-electron chi connectivity index (χ3n) is 4.57. The fourth-order valence-electron chi connectivity index (χ4n) is 2.94. The Balaban J connectivity index is 1.44. The highest BCUT2D eigenvalue weighted by atomic mass is 16.1. The first-order valence-electron chi connectivity index (χ1n) is 9.81. The molecule has 30 heavy (non-hydrogen) atoms. The van der Waals surface area contributed by atoms with E-state index >= 15 is 0 Å². The molecule has 3 rings (SSSR count). The molecule has 0 aromatic heterocycles. The van der Waals surface area contributed by atoms with Gasteiger partial charge in [0.25, 0.3) is 0 Å². The molecule has 0 saturated heterocycles. The molecule has 0 saturated carbocycles. The van der Waals surface area contributed by atoms with E-state index in [1.807, 2.05) is 72.8 Å². The largest absolute Gasteiger partial charge is 0.397 e. The Bertz CT molecular complexity index is 1050. The fourth-order valence-corrected chi connectivity index (χ4v) is 2.94. The standard InChI is InChI=1S/C26H24N2O2/c27-23-12-8-9-13-24(23)28-26(30)15-7-2-1-6-14-25(29)22-18-16-21(17-19-22)20-10-4-3-5-11-20/h1-5,7-13,15-19H,6,14,27H2,(H,28,30). The SMILES string of the molecule is Nc1ccccc1NC(=O)C=CC=CCCC(=O)c1ccc(-c2ccccc2)cc1. The van der Waals surface area contributed by atoms with E-state index in [9.17, 15) is 9.59 Å². The van der Waals surface area contributed by atoms with Crippen molar-refractivity contribution < 1.29 is 9.59 Å². The van der Waals surface area contributed by atoms with Crippen LogP contribution in [0.4, 0.5) is 11.4 Å². The van der Waals surface area contributed by atoms with Crippen molar-refractivity contribution in [3.05, 3.63) is 109 Å². The van der Waals surface area contributed by atoms with Crippen LogP contribution in [0.1, 0.15) is 23.2 Å². The second-order valence-electron chi connectivity index (χ2n) is 6.77. The topological polar surface area (TPSA) is 72.2 Å². The van der Waals surface area contributed by atoms with Crippen LogP contribution in [0.25, 0.3) is 11.1 Å². The van der Waals surface area contributed by atoms with Crippen LogP contribution in [0.5, 0.6) is 0 Å². The van der Waals surface area contributed by atoms with Gasteiger partial charge in [0.2, 0.25) is 5.91 Å². The molecule has 0 fully saturated rings. The monoisotopic (exact) mass is 396 g/mol. The van der Waals surface area contributed by atoms with Gasteiger partial charge >= 0.3 is 0 Å². The number of allylic oxidation sites excluding steroid dienone is 3. The minimum atomic E-state index is -0.257. The van der Waals surface area contributed by atoms with Crippen molar-refractivity contribution in [3.63, 3.8) is 0 Å². The number of carbonyl (C=O) groups excluding carboxylic acids is 2. The summed E-state index contributed by atoms with van der Waals surface area (Å²) in [7, 11) is 0. The van der Waals surface area contributed by atoms with Crippen LogP contribution in [-0.4, -0.2) is 11.7 Å². The number of nitrogens with one attached hydrogen (secondary N) is 1. The van der Waals surface area contributed by atoms with Gasteiger partial charge in [-0.2, -0.15) is 0 Å². The number of ketones is 1. The maximum absolute atomic E-state index is 12.3. The van der Waals surface area contributed by atoms with Crippen molar-refractivity contribution in [2.75, 3.05) is 11.1 Å². The van der Waals surface area contributed by atoms with Gasteiger partial charge in [0.1, 0.15) is 0 Å². The van der Waals surface area contributed by atoms with E-state index in [0.29, 0.717) is 29.8 Å². The van der Waals surface area contributed by atoms with Gasteiger partial charge in [-0.25, -0.2) is 0 Å². The first kappa shape index (κ1) is 20.8. The molecule has 0 bridgehead atoms. The van der Waals surface area contributed by atoms with Crippen LogP contribution in [0, 0.1) is 0 Å². The van der Waals surface area contributed by atoms with Crippen molar-refractivity contribution in [2.24, 2.45) is 0 Å². The van der Waals surface area contributed by atoms with Gasteiger partial charge < -0.3 is 11.1 Å². The Labute approximate surface area is 176 Å². The molecule has 0 aliphatic heterocycles. The maximum Gasteiger partial charge on any atom is 0.248 e. The first-order chi connectivity index (χ1) is 14.6. The first-order valence-corrected chi connectivity index (χ1v) is 9.81. The number of hydrogen-bond acceptors (Lipinski definition) is 3. The second-order valence-corrected chi connectivity index (χ2v) is 6.77. The number of rotatable bonds is 8. The lowest BCUT2D eigenvalue weighted by Gasteiger charge is -2.04. The summed E-state index contributed by atoms with van der Waals surface area (Å²) in [5.74, 6) is -0.160. The van der Waals surface area contributed by atoms with E-state index in [2.05, 4.69) is 5.32 Å². The maximum atomic E-state index is 12.3. The summed E-state index contributed by atoms with van der Waals surface area (Å²) in [4.78, 5) is 24.2. The number of nitrogen functional groups attached to an aromatic ring is 1. The fraction of sp³-hybridized carbons (Fsp3) is 0.0769. The Morgan fingerprint density at radius 2 is 1.47 bits per heavy atom. The molecule has 0 heterocycles. The highest BCUT2D eigenvalue weighted by molar-refractivity contribution is 6.01. The van der Waals surface area contributed by atoms with Crippen molar-refractivity contribution in [2.45, 2.75) is 12.8 Å². The molecular weight excluding hydrogens is 372 g/mol. The molecule has 4 nitrogen and oxygen atoms in total. The highest BCUT2D eigenvalue weighted by Crippen LogP contribution is 2.20. The smallest absolute Gasteiger partial charge is 0.248 e. The normalized spacial score (nSPS) is 11.1. The minimum absolute atomic E-state index is 0.0977. The molecule has 150 valence electrons. The Morgan fingerprint density at radius 1 is 0.800 bits per heavy atom. The average molecular weight is 396 g/mol. The zero-order valence-corrected chi connectivity index (χ0v) is 16.6. The number of para-hydroxylation sites is 2. The number of Topliss-reactive ketones (excluding diaryl/α,β-unsaturated/α-hetero) is 1. The third kappa shape index (κ3) is 6.04. The molecule has 1 amide bonds. The van der Waals surface area contributed by atoms with E-state index < -0.39 is 0 Å². The molecule has 0 atom stereocenters. The molecule has 0 spiro atoms. The summed E-state index contributed by atoms with van der Waals surface area (Å²) in [6.07, 6.45) is 7.73. The van der Waals surface area contributed by atoms with Gasteiger partial charge in [0.05, 0.1) is 11.4 Å². The molecule has 4 heteroatoms. The zero-order chi connectivity index (χ0) is 21.2. The van der Waals surface area contributed by atoms with E-state index in [1.165, 1.54) is 6.08 Å². The summed E-state index contributed by atoms with van der Waals surface area (Å²) < 4.78 is 0. The van der Waals surface area contributed by atoms with E-state index in [-0.39, 0.29) is 11.7 Å². The number of anilines is 2. The van der Waals surface area contributed by atoms with E-state index in [1.54, 1.807) is 24.3 Å². The van der Waals surface area contributed by atoms with Crippen LogP contribution < -0.4 is 11.1 Å². The van der Waals surface area contributed by atoms with Gasteiger partial charge in [-0.3, -0.25) is 9.59 Å². The summed E-state index contributed by atoms with van der Waals surface area (Å²) in [6, 6.07) is 24.8. The lowest BCUT2D eigenvalue weighted by molar-refractivity contribution is -0.111. The van der Waals surface area contributed by atoms with Crippen LogP contribution in [0.2, 0.25) is 0 Å². The van der Waals surface area contributed by atoms with Crippen LogP contribution >= 0.6 is 0 Å². The Hall–Kier alpha value is -3.92. The number of carbonyl (C=O) groups is 2. The predicted octanol–water partition coefficient (Wildman–Crippen LogP) is 5.65. The van der Waals surface area contributed by atoms with Gasteiger partial charge in [0, 0.05) is 18.1 Å². The van der Waals surface area contributed by atoms with Crippen molar-refractivity contribution in [3.8, 4) is 11.1 Å². The Kier molecular flexibility index (Phi) is 7.34. The number of nitrogens with two attached hydrogens (primary N) is 1. The third-order valence-corrected chi connectivity index (χ3v) is 4.57. The van der Waals surface area contributed by atoms with Crippen molar-refractivity contribution >= 4 is 23.1 Å². The predicted molar refractivity (Wildman–Crippen MR) is 123 cm³/mol. The minimum Gasteiger partial charge on any atom is -0.397 e. The highest BCUT2D eigenvalue weighted by Gasteiger charge is 2.05. The summed E-state index contributed by atoms with van der Waals surface area (Å²) in [5.41, 5.74) is 9.82. The Morgan fingerprint density at radius 3 is 2.20 bits per heavy atom.